The molecule has 2 N–H and O–H groups in total. The summed E-state index contributed by atoms with van der Waals surface area (Å²) in [6.45, 7) is 8.43. The monoisotopic (exact) mass is 305 g/mol. The summed E-state index contributed by atoms with van der Waals surface area (Å²) < 4.78 is 2.06. The molecule has 1 aromatic heterocycles. The topological polar surface area (TPSA) is 43.8 Å². The summed E-state index contributed by atoms with van der Waals surface area (Å²) in [5, 5.41) is 5.49. The molecule has 3 nitrogen and oxygen atoms in total. The smallest absolute Gasteiger partial charge is 0.0936 e. The number of halogens is 1. The summed E-state index contributed by atoms with van der Waals surface area (Å²) in [6, 6.07) is 7.86. The second kappa shape index (κ2) is 6.63. The van der Waals surface area contributed by atoms with Crippen LogP contribution in [0.4, 0.5) is 0 Å². The van der Waals surface area contributed by atoms with Gasteiger partial charge in [-0.25, -0.2) is 0 Å². The number of nitrogens with two attached hydrogens (primary N) is 1. The van der Waals surface area contributed by atoms with Gasteiger partial charge in [0, 0.05) is 16.8 Å². The van der Waals surface area contributed by atoms with Gasteiger partial charge in [0.1, 0.15) is 0 Å². The van der Waals surface area contributed by atoms with E-state index in [0.717, 1.165) is 29.1 Å². The minimum atomic E-state index is -0.0253. The van der Waals surface area contributed by atoms with Crippen LogP contribution in [0.15, 0.2) is 24.3 Å². The van der Waals surface area contributed by atoms with Crippen LogP contribution in [-0.2, 0) is 6.42 Å². The average molecular weight is 306 g/mol. The average Bonchev–Trinajstić information content (AvgIpc) is 2.75. The molecule has 0 spiro atoms. The third-order valence-electron chi connectivity index (χ3n) is 4.19. The van der Waals surface area contributed by atoms with E-state index in [1.165, 1.54) is 11.3 Å². The lowest BCUT2D eigenvalue weighted by Crippen LogP contribution is -2.34. The number of benzene rings is 1. The summed E-state index contributed by atoms with van der Waals surface area (Å²) in [5.74, 6) is 0. The molecule has 4 heteroatoms. The maximum absolute atomic E-state index is 6.41. The van der Waals surface area contributed by atoms with Crippen molar-refractivity contribution < 1.29 is 0 Å². The van der Waals surface area contributed by atoms with Gasteiger partial charge in [-0.05, 0) is 43.9 Å². The van der Waals surface area contributed by atoms with Crippen molar-refractivity contribution in [2.45, 2.75) is 52.6 Å². The zero-order valence-electron chi connectivity index (χ0n) is 13.2. The number of hydrogen-bond acceptors (Lipinski definition) is 2. The van der Waals surface area contributed by atoms with E-state index in [1.807, 2.05) is 24.3 Å². The molecule has 2 rings (SSSR count). The van der Waals surface area contributed by atoms with Crippen LogP contribution in [0.1, 0.15) is 48.8 Å². The summed E-state index contributed by atoms with van der Waals surface area (Å²) in [6.07, 6.45) is 1.85. The van der Waals surface area contributed by atoms with Crippen LogP contribution < -0.4 is 5.73 Å². The van der Waals surface area contributed by atoms with Gasteiger partial charge < -0.3 is 5.73 Å². The fourth-order valence-electron chi connectivity index (χ4n) is 2.96. The summed E-state index contributed by atoms with van der Waals surface area (Å²) in [4.78, 5) is 0. The van der Waals surface area contributed by atoms with Crippen molar-refractivity contribution in [3.8, 4) is 0 Å². The van der Waals surface area contributed by atoms with Gasteiger partial charge in [0.05, 0.1) is 11.7 Å². The second-order valence-corrected chi connectivity index (χ2v) is 5.89. The van der Waals surface area contributed by atoms with E-state index in [4.69, 9.17) is 22.4 Å². The van der Waals surface area contributed by atoms with Crippen molar-refractivity contribution in [2.24, 2.45) is 5.73 Å². The lowest BCUT2D eigenvalue weighted by Gasteiger charge is -2.26. The van der Waals surface area contributed by atoms with Gasteiger partial charge in [-0.2, -0.15) is 5.10 Å². The molecule has 21 heavy (non-hydrogen) atoms. The Morgan fingerprint density at radius 1 is 1.24 bits per heavy atom. The molecular formula is C17H24ClN3. The third-order valence-corrected chi connectivity index (χ3v) is 4.54. The zero-order chi connectivity index (χ0) is 15.6. The van der Waals surface area contributed by atoms with Crippen LogP contribution in [0.5, 0.6) is 0 Å². The third kappa shape index (κ3) is 2.99. The molecule has 0 saturated heterocycles. The Morgan fingerprint density at radius 2 is 1.90 bits per heavy atom. The fourth-order valence-corrected chi connectivity index (χ4v) is 3.21. The molecule has 114 valence electrons. The standard InChI is InChI=1S/C17H24ClN3/c1-5-13-11(3)20-21(12(13)4)17(16(19)6-2)14-9-7-8-10-15(14)18/h7-10,16-17H,5-6,19H2,1-4H3. The van der Waals surface area contributed by atoms with Gasteiger partial charge >= 0.3 is 0 Å². The number of aryl methyl sites for hydroxylation is 1. The predicted molar refractivity (Wildman–Crippen MR) is 88.9 cm³/mol. The normalized spacial score (nSPS) is 14.2. The molecular weight excluding hydrogens is 282 g/mol. The highest BCUT2D eigenvalue weighted by Gasteiger charge is 2.26. The maximum atomic E-state index is 6.41. The summed E-state index contributed by atoms with van der Waals surface area (Å²) in [7, 11) is 0. The van der Waals surface area contributed by atoms with E-state index in [2.05, 4.69) is 32.4 Å². The van der Waals surface area contributed by atoms with Gasteiger partial charge in [-0.1, -0.05) is 43.6 Å². The van der Waals surface area contributed by atoms with Crippen LogP contribution >= 0.6 is 11.6 Å². The predicted octanol–water partition coefficient (Wildman–Crippen LogP) is 4.04. The molecule has 0 aliphatic heterocycles. The van der Waals surface area contributed by atoms with Gasteiger partial charge in [0.25, 0.3) is 0 Å². The Bertz CT molecular complexity index is 618. The number of aromatic nitrogens is 2. The van der Waals surface area contributed by atoms with Crippen molar-refractivity contribution in [1.82, 2.24) is 9.78 Å². The van der Waals surface area contributed by atoms with Gasteiger partial charge in [-0.15, -0.1) is 0 Å². The molecule has 0 saturated carbocycles. The molecule has 2 aromatic rings. The van der Waals surface area contributed by atoms with Crippen molar-refractivity contribution in [3.05, 3.63) is 51.8 Å². The first-order valence-electron chi connectivity index (χ1n) is 7.55. The van der Waals surface area contributed by atoms with E-state index in [1.54, 1.807) is 0 Å². The summed E-state index contributed by atoms with van der Waals surface area (Å²) in [5.41, 5.74) is 11.0. The van der Waals surface area contributed by atoms with Gasteiger partial charge in [0.2, 0.25) is 0 Å². The fraction of sp³-hybridized carbons (Fsp3) is 0.471. The van der Waals surface area contributed by atoms with Crippen LogP contribution in [0.2, 0.25) is 5.02 Å². The Hall–Kier alpha value is -1.32. The minimum absolute atomic E-state index is 0.0207. The molecule has 0 fully saturated rings. The zero-order valence-corrected chi connectivity index (χ0v) is 14.0. The van der Waals surface area contributed by atoms with Crippen LogP contribution in [0.3, 0.4) is 0 Å². The molecule has 1 aromatic carbocycles. The highest BCUT2D eigenvalue weighted by Crippen LogP contribution is 2.31. The molecule has 0 aliphatic carbocycles. The van der Waals surface area contributed by atoms with Crippen LogP contribution in [-0.4, -0.2) is 15.8 Å². The quantitative estimate of drug-likeness (QED) is 0.906. The van der Waals surface area contributed by atoms with Crippen molar-refractivity contribution >= 4 is 11.6 Å². The Labute approximate surface area is 132 Å². The Balaban J connectivity index is 2.60. The van der Waals surface area contributed by atoms with Gasteiger partial charge in [-0.3, -0.25) is 4.68 Å². The number of nitrogens with zero attached hydrogens (tertiary/aromatic N) is 2. The molecule has 0 amide bonds. The van der Waals surface area contributed by atoms with E-state index in [9.17, 15) is 0 Å². The van der Waals surface area contributed by atoms with Crippen molar-refractivity contribution in [3.63, 3.8) is 0 Å². The largest absolute Gasteiger partial charge is 0.326 e. The molecule has 0 bridgehead atoms. The molecule has 0 radical (unpaired) electrons. The van der Waals surface area contributed by atoms with E-state index in [0.29, 0.717) is 0 Å². The number of hydrogen-bond donors (Lipinski definition) is 1. The van der Waals surface area contributed by atoms with Gasteiger partial charge in [0.15, 0.2) is 0 Å². The first-order chi connectivity index (χ1) is 10.0. The summed E-state index contributed by atoms with van der Waals surface area (Å²) >= 11 is 6.41. The SMILES string of the molecule is CCc1c(C)nn(C(c2ccccc2Cl)C(N)CC)c1C. The molecule has 2 unspecified atom stereocenters. The van der Waals surface area contributed by atoms with Crippen molar-refractivity contribution in [1.29, 1.82) is 0 Å². The van der Waals surface area contributed by atoms with Crippen LogP contribution in [0, 0.1) is 13.8 Å². The van der Waals surface area contributed by atoms with E-state index < -0.39 is 0 Å². The van der Waals surface area contributed by atoms with E-state index >= 15 is 0 Å². The second-order valence-electron chi connectivity index (χ2n) is 5.49. The number of rotatable bonds is 5. The van der Waals surface area contributed by atoms with Crippen LogP contribution in [0.25, 0.3) is 0 Å². The highest BCUT2D eigenvalue weighted by molar-refractivity contribution is 6.31. The molecule has 2 atom stereocenters. The van der Waals surface area contributed by atoms with Crippen molar-refractivity contribution in [2.75, 3.05) is 0 Å². The first kappa shape index (κ1) is 16.1. The first-order valence-corrected chi connectivity index (χ1v) is 7.93. The Morgan fingerprint density at radius 3 is 2.43 bits per heavy atom. The molecule has 0 aliphatic rings. The molecule has 1 heterocycles. The minimum Gasteiger partial charge on any atom is -0.326 e. The highest BCUT2D eigenvalue weighted by atomic mass is 35.5. The Kier molecular flexibility index (Phi) is 5.07. The van der Waals surface area contributed by atoms with E-state index in [-0.39, 0.29) is 12.1 Å². The lowest BCUT2D eigenvalue weighted by molar-refractivity contribution is 0.415. The maximum Gasteiger partial charge on any atom is 0.0936 e. The lowest BCUT2D eigenvalue weighted by atomic mass is 9.97.